The summed E-state index contributed by atoms with van der Waals surface area (Å²) in [5, 5.41) is 10.9. The van der Waals surface area contributed by atoms with Crippen LogP contribution in [0.2, 0.25) is 0 Å². The summed E-state index contributed by atoms with van der Waals surface area (Å²) < 4.78 is 5.67. The summed E-state index contributed by atoms with van der Waals surface area (Å²) in [7, 11) is 0. The van der Waals surface area contributed by atoms with Crippen molar-refractivity contribution in [2.24, 2.45) is 0 Å². The van der Waals surface area contributed by atoms with E-state index in [1.165, 1.54) is 6.07 Å². The van der Waals surface area contributed by atoms with Gasteiger partial charge in [0.1, 0.15) is 5.69 Å². The molecule has 2 N–H and O–H groups in total. The van der Waals surface area contributed by atoms with E-state index < -0.39 is 4.92 Å². The molecule has 19 heavy (non-hydrogen) atoms. The quantitative estimate of drug-likeness (QED) is 0.512. The van der Waals surface area contributed by atoms with E-state index >= 15 is 0 Å². The van der Waals surface area contributed by atoms with Crippen molar-refractivity contribution in [3.8, 4) is 0 Å². The number of para-hydroxylation sites is 1. The van der Waals surface area contributed by atoms with Gasteiger partial charge in [-0.05, 0) is 19.4 Å². The van der Waals surface area contributed by atoms with E-state index in [4.69, 9.17) is 10.5 Å². The highest BCUT2D eigenvalue weighted by atomic mass is 16.6. The highest BCUT2D eigenvalue weighted by Crippen LogP contribution is 2.26. The monoisotopic (exact) mass is 265 g/mol. The molecule has 2 rings (SSSR count). The van der Waals surface area contributed by atoms with Gasteiger partial charge in [0.05, 0.1) is 17.1 Å². The van der Waals surface area contributed by atoms with E-state index in [0.29, 0.717) is 6.54 Å². The van der Waals surface area contributed by atoms with Gasteiger partial charge in [-0.1, -0.05) is 12.1 Å². The highest BCUT2D eigenvalue weighted by Gasteiger charge is 2.23. The van der Waals surface area contributed by atoms with Crippen molar-refractivity contribution < 1.29 is 9.66 Å². The van der Waals surface area contributed by atoms with Crippen LogP contribution in [0.4, 0.5) is 11.4 Å². The van der Waals surface area contributed by atoms with Crippen molar-refractivity contribution in [1.82, 2.24) is 4.90 Å². The molecule has 0 spiro atoms. The van der Waals surface area contributed by atoms with E-state index in [-0.39, 0.29) is 23.6 Å². The topological polar surface area (TPSA) is 81.6 Å². The molecule has 0 aliphatic carbocycles. The third-order valence-corrected chi connectivity index (χ3v) is 3.26. The number of nitrogens with two attached hydrogens (primary N) is 1. The van der Waals surface area contributed by atoms with Gasteiger partial charge in [0.2, 0.25) is 0 Å². The average molecular weight is 265 g/mol. The largest absolute Gasteiger partial charge is 0.393 e. The summed E-state index contributed by atoms with van der Waals surface area (Å²) >= 11 is 0. The molecule has 1 aliphatic rings. The summed E-state index contributed by atoms with van der Waals surface area (Å²) in [5.74, 6) is 0. The van der Waals surface area contributed by atoms with Gasteiger partial charge in [0.15, 0.2) is 0 Å². The zero-order valence-corrected chi connectivity index (χ0v) is 11.2. The van der Waals surface area contributed by atoms with Crippen molar-refractivity contribution in [3.63, 3.8) is 0 Å². The molecule has 1 aromatic carbocycles. The molecule has 0 saturated carbocycles. The number of nitro benzene ring substituents is 1. The van der Waals surface area contributed by atoms with Crippen LogP contribution in [0.25, 0.3) is 0 Å². The van der Waals surface area contributed by atoms with Crippen molar-refractivity contribution in [1.29, 1.82) is 0 Å². The lowest BCUT2D eigenvalue weighted by atomic mass is 10.1. The summed E-state index contributed by atoms with van der Waals surface area (Å²) in [6.45, 7) is 6.30. The van der Waals surface area contributed by atoms with E-state index in [0.717, 1.165) is 18.7 Å². The second kappa shape index (κ2) is 5.54. The predicted octanol–water partition coefficient (Wildman–Crippen LogP) is 1.79. The van der Waals surface area contributed by atoms with Crippen LogP contribution in [0.1, 0.15) is 19.4 Å². The Balaban J connectivity index is 2.15. The van der Waals surface area contributed by atoms with Gasteiger partial charge in [0.25, 0.3) is 5.69 Å². The maximum Gasteiger partial charge on any atom is 0.292 e. The van der Waals surface area contributed by atoms with Crippen LogP contribution >= 0.6 is 0 Å². The third kappa shape index (κ3) is 3.21. The number of nitro groups is 1. The fraction of sp³-hybridized carbons (Fsp3) is 0.538. The molecule has 0 amide bonds. The molecular formula is C13H19N3O3. The normalized spacial score (nSPS) is 24.3. The lowest BCUT2D eigenvalue weighted by molar-refractivity contribution is -0.384. The molecule has 0 radical (unpaired) electrons. The Bertz CT molecular complexity index is 468. The number of anilines is 1. The maximum absolute atomic E-state index is 10.9. The predicted molar refractivity (Wildman–Crippen MR) is 72.8 cm³/mol. The molecule has 1 fully saturated rings. The Labute approximate surface area is 112 Å². The average Bonchev–Trinajstić information content (AvgIpc) is 2.30. The molecule has 6 heteroatoms. The number of rotatable bonds is 3. The van der Waals surface area contributed by atoms with Crippen LogP contribution in [-0.2, 0) is 11.3 Å². The lowest BCUT2D eigenvalue weighted by Gasteiger charge is -2.35. The van der Waals surface area contributed by atoms with E-state index in [1.54, 1.807) is 6.07 Å². The molecule has 0 aromatic heterocycles. The maximum atomic E-state index is 10.9. The van der Waals surface area contributed by atoms with Gasteiger partial charge in [-0.15, -0.1) is 0 Å². The van der Waals surface area contributed by atoms with Crippen LogP contribution in [0, 0.1) is 10.1 Å². The molecule has 1 saturated heterocycles. The number of hydrogen-bond donors (Lipinski definition) is 1. The SMILES string of the molecule is C[C@@H]1CN(Cc2cccc([N+](=O)[O-])c2N)C[C@H](C)O1. The Morgan fingerprint density at radius 3 is 2.63 bits per heavy atom. The third-order valence-electron chi connectivity index (χ3n) is 3.26. The Morgan fingerprint density at radius 2 is 2.05 bits per heavy atom. The lowest BCUT2D eigenvalue weighted by Crippen LogP contribution is -2.44. The molecule has 1 heterocycles. The minimum Gasteiger partial charge on any atom is -0.393 e. The zero-order chi connectivity index (χ0) is 14.0. The first-order chi connectivity index (χ1) is 8.97. The minimum absolute atomic E-state index is 0.0214. The van der Waals surface area contributed by atoms with Crippen LogP contribution in [0.3, 0.4) is 0 Å². The Hall–Kier alpha value is -1.66. The number of nitrogens with zero attached hydrogens (tertiary/aromatic N) is 2. The van der Waals surface area contributed by atoms with E-state index in [2.05, 4.69) is 4.90 Å². The number of ether oxygens (including phenoxy) is 1. The van der Waals surface area contributed by atoms with Crippen LogP contribution in [0.5, 0.6) is 0 Å². The number of hydrogen-bond acceptors (Lipinski definition) is 5. The molecule has 104 valence electrons. The molecule has 1 aromatic rings. The van der Waals surface area contributed by atoms with Gasteiger partial charge in [-0.25, -0.2) is 0 Å². The summed E-state index contributed by atoms with van der Waals surface area (Å²) in [4.78, 5) is 12.6. The number of nitrogen functional groups attached to an aromatic ring is 1. The fourth-order valence-corrected chi connectivity index (χ4v) is 2.55. The Kier molecular flexibility index (Phi) is 4.01. The summed E-state index contributed by atoms with van der Waals surface area (Å²) in [6, 6.07) is 4.95. The fourth-order valence-electron chi connectivity index (χ4n) is 2.55. The van der Waals surface area contributed by atoms with Gasteiger partial charge >= 0.3 is 0 Å². The number of morpholine rings is 1. The van der Waals surface area contributed by atoms with E-state index in [1.807, 2.05) is 19.9 Å². The molecule has 0 unspecified atom stereocenters. The molecule has 1 aliphatic heterocycles. The second-order valence-electron chi connectivity index (χ2n) is 5.06. The van der Waals surface area contributed by atoms with Crippen LogP contribution in [0.15, 0.2) is 18.2 Å². The van der Waals surface area contributed by atoms with Gasteiger partial charge < -0.3 is 10.5 Å². The first kappa shape index (κ1) is 13.8. The van der Waals surface area contributed by atoms with Crippen molar-refractivity contribution >= 4 is 11.4 Å². The smallest absolute Gasteiger partial charge is 0.292 e. The molecular weight excluding hydrogens is 246 g/mol. The van der Waals surface area contributed by atoms with E-state index in [9.17, 15) is 10.1 Å². The van der Waals surface area contributed by atoms with Crippen LogP contribution < -0.4 is 5.73 Å². The van der Waals surface area contributed by atoms with Gasteiger partial charge in [-0.3, -0.25) is 15.0 Å². The second-order valence-corrected chi connectivity index (χ2v) is 5.06. The van der Waals surface area contributed by atoms with Crippen LogP contribution in [-0.4, -0.2) is 35.1 Å². The van der Waals surface area contributed by atoms with Crippen molar-refractivity contribution in [3.05, 3.63) is 33.9 Å². The van der Waals surface area contributed by atoms with Gasteiger partial charge in [0, 0.05) is 25.7 Å². The first-order valence-corrected chi connectivity index (χ1v) is 6.37. The van der Waals surface area contributed by atoms with Crippen molar-refractivity contribution in [2.75, 3.05) is 18.8 Å². The summed E-state index contributed by atoms with van der Waals surface area (Å²) in [6.07, 6.45) is 0.340. The molecule has 0 bridgehead atoms. The zero-order valence-electron chi connectivity index (χ0n) is 11.2. The highest BCUT2D eigenvalue weighted by molar-refractivity contribution is 5.62. The minimum atomic E-state index is -0.441. The Morgan fingerprint density at radius 1 is 1.42 bits per heavy atom. The standard InChI is InChI=1S/C13H19N3O3/c1-9-6-15(7-10(2)19-9)8-11-4-3-5-12(13(11)14)16(17)18/h3-5,9-10H,6-8,14H2,1-2H3/t9-,10+. The number of benzene rings is 1. The molecule has 2 atom stereocenters. The van der Waals surface area contributed by atoms with Crippen molar-refractivity contribution in [2.45, 2.75) is 32.6 Å². The summed E-state index contributed by atoms with van der Waals surface area (Å²) in [5.41, 5.74) is 6.91. The first-order valence-electron chi connectivity index (χ1n) is 6.37. The van der Waals surface area contributed by atoms with Gasteiger partial charge in [-0.2, -0.15) is 0 Å². The molecule has 6 nitrogen and oxygen atoms in total.